The molecule has 0 N–H and O–H groups in total. The molecule has 0 saturated carbocycles. The highest BCUT2D eigenvalue weighted by Crippen LogP contribution is 2.40. The summed E-state index contributed by atoms with van der Waals surface area (Å²) < 4.78 is 5.40. The molecule has 0 unspecified atom stereocenters. The number of nitrogens with zero attached hydrogens (tertiary/aromatic N) is 1. The van der Waals surface area contributed by atoms with E-state index in [-0.39, 0.29) is 0 Å². The van der Waals surface area contributed by atoms with Crippen molar-refractivity contribution in [2.75, 3.05) is 4.90 Å². The number of imide groups is 1. The zero-order valence-corrected chi connectivity index (χ0v) is 17.0. The van der Waals surface area contributed by atoms with Gasteiger partial charge in [-0.1, -0.05) is 35.3 Å². The molecule has 0 aliphatic carbocycles. The summed E-state index contributed by atoms with van der Waals surface area (Å²) in [6, 6.07) is 10.4. The average molecular weight is 404 g/mol. The largest absolute Gasteiger partial charge is 0.443 e. The van der Waals surface area contributed by atoms with Gasteiger partial charge in [-0.3, -0.25) is 4.79 Å². The number of hydrogen-bond donors (Lipinski definition) is 0. The summed E-state index contributed by atoms with van der Waals surface area (Å²) in [6.45, 7) is 7.17. The van der Waals surface area contributed by atoms with Gasteiger partial charge in [0.15, 0.2) is 0 Å². The van der Waals surface area contributed by atoms with Crippen LogP contribution in [0.3, 0.4) is 0 Å². The van der Waals surface area contributed by atoms with Crippen LogP contribution in [-0.4, -0.2) is 17.6 Å². The fourth-order valence-corrected chi connectivity index (χ4v) is 3.16. The highest BCUT2D eigenvalue weighted by Gasteiger charge is 2.39. The van der Waals surface area contributed by atoms with Gasteiger partial charge >= 0.3 is 6.09 Å². The van der Waals surface area contributed by atoms with Gasteiger partial charge in [0.2, 0.25) is 0 Å². The molecule has 0 bridgehead atoms. The van der Waals surface area contributed by atoms with Crippen molar-refractivity contribution in [3.8, 4) is 0 Å². The Labute approximate surface area is 168 Å². The Bertz CT molecular complexity index is 974. The lowest BCUT2D eigenvalue weighted by Crippen LogP contribution is -2.38. The highest BCUT2D eigenvalue weighted by molar-refractivity contribution is 6.42. The van der Waals surface area contributed by atoms with Crippen molar-refractivity contribution in [3.63, 3.8) is 0 Å². The van der Waals surface area contributed by atoms with E-state index < -0.39 is 17.6 Å². The van der Waals surface area contributed by atoms with E-state index in [4.69, 9.17) is 27.9 Å². The van der Waals surface area contributed by atoms with Crippen molar-refractivity contribution in [1.29, 1.82) is 0 Å². The fourth-order valence-electron chi connectivity index (χ4n) is 2.81. The van der Waals surface area contributed by atoms with E-state index in [1.165, 1.54) is 0 Å². The molecule has 3 rings (SSSR count). The lowest BCUT2D eigenvalue weighted by molar-refractivity contribution is -0.112. The number of benzene rings is 2. The van der Waals surface area contributed by atoms with Gasteiger partial charge in [-0.05, 0) is 69.2 Å². The number of carbonyl (C=O) groups is 2. The molecule has 0 atom stereocenters. The van der Waals surface area contributed by atoms with Gasteiger partial charge in [-0.2, -0.15) is 0 Å². The number of ether oxygens (including phenoxy) is 1. The SMILES string of the molecule is Cc1ccc(Cl)cc1/C=C1\C(=O)N(C(=O)OC(C)(C)C)c2cc(Cl)ccc21. The molecular weight excluding hydrogens is 385 g/mol. The van der Waals surface area contributed by atoms with E-state index in [1.807, 2.05) is 13.0 Å². The van der Waals surface area contributed by atoms with Crippen molar-refractivity contribution in [2.45, 2.75) is 33.3 Å². The Morgan fingerprint density at radius 1 is 1.07 bits per heavy atom. The minimum absolute atomic E-state index is 0.387. The van der Waals surface area contributed by atoms with Crippen molar-refractivity contribution >= 4 is 52.5 Å². The molecule has 6 heteroatoms. The number of halogens is 2. The predicted octanol–water partition coefficient (Wildman–Crippen LogP) is 6.12. The summed E-state index contributed by atoms with van der Waals surface area (Å²) in [5.41, 5.74) is 2.45. The summed E-state index contributed by atoms with van der Waals surface area (Å²) in [5, 5.41) is 0.994. The van der Waals surface area contributed by atoms with Crippen molar-refractivity contribution < 1.29 is 14.3 Å². The number of carbonyl (C=O) groups excluding carboxylic acids is 2. The van der Waals surface area contributed by atoms with Crippen LogP contribution in [0, 0.1) is 6.92 Å². The molecule has 2 aromatic rings. The molecule has 0 fully saturated rings. The van der Waals surface area contributed by atoms with E-state index in [1.54, 1.807) is 57.2 Å². The van der Waals surface area contributed by atoms with Gasteiger partial charge < -0.3 is 4.74 Å². The van der Waals surface area contributed by atoms with E-state index in [9.17, 15) is 9.59 Å². The van der Waals surface area contributed by atoms with Gasteiger partial charge in [-0.15, -0.1) is 0 Å². The number of fused-ring (bicyclic) bond motifs is 1. The molecule has 0 aromatic heterocycles. The fraction of sp³-hybridized carbons (Fsp3) is 0.238. The van der Waals surface area contributed by atoms with Crippen LogP contribution in [0.1, 0.15) is 37.5 Å². The van der Waals surface area contributed by atoms with Crippen molar-refractivity contribution in [1.82, 2.24) is 0 Å². The third-order valence-electron chi connectivity index (χ3n) is 4.04. The topological polar surface area (TPSA) is 46.6 Å². The highest BCUT2D eigenvalue weighted by atomic mass is 35.5. The number of anilines is 1. The maximum absolute atomic E-state index is 13.1. The van der Waals surface area contributed by atoms with Crippen LogP contribution in [0.4, 0.5) is 10.5 Å². The summed E-state index contributed by atoms with van der Waals surface area (Å²) in [7, 11) is 0. The smallest absolute Gasteiger partial charge is 0.422 e. The molecule has 27 heavy (non-hydrogen) atoms. The molecule has 0 radical (unpaired) electrons. The summed E-state index contributed by atoms with van der Waals surface area (Å²) in [5.74, 6) is -0.458. The number of rotatable bonds is 1. The van der Waals surface area contributed by atoms with Gasteiger partial charge in [0, 0.05) is 15.6 Å². The Hall–Kier alpha value is -2.30. The summed E-state index contributed by atoms with van der Waals surface area (Å²) >= 11 is 12.2. The van der Waals surface area contributed by atoms with E-state index in [0.29, 0.717) is 26.9 Å². The molecule has 2 amide bonds. The Morgan fingerprint density at radius 2 is 1.70 bits per heavy atom. The molecule has 140 valence electrons. The van der Waals surface area contributed by atoms with Crippen LogP contribution in [-0.2, 0) is 9.53 Å². The zero-order valence-electron chi connectivity index (χ0n) is 15.5. The third-order valence-corrected chi connectivity index (χ3v) is 4.51. The minimum Gasteiger partial charge on any atom is -0.443 e. The second kappa shape index (κ2) is 7.02. The molecule has 1 aliphatic heterocycles. The number of amides is 2. The molecular formula is C21H19Cl2NO3. The number of hydrogen-bond acceptors (Lipinski definition) is 3. The first-order valence-corrected chi connectivity index (χ1v) is 9.17. The minimum atomic E-state index is -0.734. The Morgan fingerprint density at radius 3 is 2.37 bits per heavy atom. The van der Waals surface area contributed by atoms with Gasteiger partial charge in [0.1, 0.15) is 5.60 Å². The molecule has 1 aliphatic rings. The Balaban J connectivity index is 2.13. The van der Waals surface area contributed by atoms with Crippen LogP contribution >= 0.6 is 23.2 Å². The van der Waals surface area contributed by atoms with Gasteiger partial charge in [0.25, 0.3) is 5.91 Å². The maximum atomic E-state index is 13.1. The summed E-state index contributed by atoms with van der Waals surface area (Å²) in [4.78, 5) is 26.8. The van der Waals surface area contributed by atoms with Crippen LogP contribution in [0.15, 0.2) is 36.4 Å². The van der Waals surface area contributed by atoms with Crippen LogP contribution in [0.2, 0.25) is 10.0 Å². The van der Waals surface area contributed by atoms with Gasteiger partial charge in [0.05, 0.1) is 11.3 Å². The van der Waals surface area contributed by atoms with Crippen LogP contribution in [0.25, 0.3) is 11.6 Å². The monoisotopic (exact) mass is 403 g/mol. The Kier molecular flexibility index (Phi) is 5.06. The quantitative estimate of drug-likeness (QED) is 0.538. The molecule has 0 spiro atoms. The zero-order chi connectivity index (χ0) is 19.9. The summed E-state index contributed by atoms with van der Waals surface area (Å²) in [6.07, 6.45) is 1.00. The molecule has 0 saturated heterocycles. The van der Waals surface area contributed by atoms with E-state index in [0.717, 1.165) is 16.0 Å². The predicted molar refractivity (Wildman–Crippen MR) is 109 cm³/mol. The third kappa shape index (κ3) is 4.02. The lowest BCUT2D eigenvalue weighted by atomic mass is 10.0. The molecule has 2 aromatic carbocycles. The van der Waals surface area contributed by atoms with Crippen LogP contribution < -0.4 is 4.90 Å². The van der Waals surface area contributed by atoms with E-state index in [2.05, 4.69) is 0 Å². The van der Waals surface area contributed by atoms with Gasteiger partial charge in [-0.25, -0.2) is 9.69 Å². The van der Waals surface area contributed by atoms with E-state index >= 15 is 0 Å². The maximum Gasteiger partial charge on any atom is 0.422 e. The first kappa shape index (κ1) is 19.5. The average Bonchev–Trinajstić information content (AvgIpc) is 2.80. The first-order chi connectivity index (χ1) is 12.6. The second-order valence-electron chi connectivity index (χ2n) is 7.34. The number of aryl methyl sites for hydroxylation is 1. The normalized spacial score (nSPS) is 15.3. The molecule has 4 nitrogen and oxygen atoms in total. The first-order valence-electron chi connectivity index (χ1n) is 8.42. The van der Waals surface area contributed by atoms with Crippen LogP contribution in [0.5, 0.6) is 0 Å². The second-order valence-corrected chi connectivity index (χ2v) is 8.21. The molecule has 1 heterocycles. The van der Waals surface area contributed by atoms with Crippen molar-refractivity contribution in [3.05, 3.63) is 63.1 Å². The lowest BCUT2D eigenvalue weighted by Gasteiger charge is -2.23. The standard InChI is InChI=1S/C21H19Cl2NO3/c1-12-5-6-14(22)9-13(12)10-17-16-8-7-15(23)11-18(16)24(19(17)25)20(26)27-21(2,3)4/h5-11H,1-4H3/b17-10-. The van der Waals surface area contributed by atoms with Crippen molar-refractivity contribution in [2.24, 2.45) is 0 Å².